The van der Waals surface area contributed by atoms with E-state index in [0.29, 0.717) is 5.56 Å². The number of hydrogen-bond acceptors (Lipinski definition) is 4. The Hall–Kier alpha value is -2.72. The monoisotopic (exact) mass is 428 g/mol. The molecule has 0 atom stereocenters. The third-order valence-electron chi connectivity index (χ3n) is 3.96. The van der Waals surface area contributed by atoms with Crippen LogP contribution in [0.1, 0.15) is 34.8 Å². The molecule has 0 aliphatic rings. The summed E-state index contributed by atoms with van der Waals surface area (Å²) in [7, 11) is -3.85. The van der Waals surface area contributed by atoms with Gasteiger partial charge in [0.15, 0.2) is 5.78 Å². The van der Waals surface area contributed by atoms with E-state index in [-0.39, 0.29) is 35.8 Å². The number of hydrogen-bond donors (Lipinski definition) is 2. The Kier molecular flexibility index (Phi) is 7.15. The molecule has 156 valence electrons. The Morgan fingerprint density at radius 2 is 1.69 bits per heavy atom. The molecule has 0 saturated heterocycles. The summed E-state index contributed by atoms with van der Waals surface area (Å²) in [5.41, 5.74) is -0.162. The zero-order valence-corrected chi connectivity index (χ0v) is 16.2. The van der Waals surface area contributed by atoms with E-state index in [0.717, 1.165) is 12.1 Å². The van der Waals surface area contributed by atoms with E-state index in [1.54, 1.807) is 0 Å². The second-order valence-corrected chi connectivity index (χ2v) is 7.97. The first-order valence-corrected chi connectivity index (χ1v) is 10.0. The smallest absolute Gasteiger partial charge is 0.352 e. The molecule has 29 heavy (non-hydrogen) atoms. The Morgan fingerprint density at radius 1 is 1.03 bits per heavy atom. The summed E-state index contributed by atoms with van der Waals surface area (Å²) >= 11 is 0. The lowest BCUT2D eigenvalue weighted by Crippen LogP contribution is -2.30. The van der Waals surface area contributed by atoms with E-state index in [9.17, 15) is 31.2 Å². The fourth-order valence-corrected chi connectivity index (χ4v) is 3.43. The molecule has 2 N–H and O–H groups in total. The maximum atomic E-state index is 12.7. The molecular formula is C19H19F3N2O4S. The van der Waals surface area contributed by atoms with Gasteiger partial charge in [0.25, 0.3) is 0 Å². The lowest BCUT2D eigenvalue weighted by atomic mass is 10.1. The van der Waals surface area contributed by atoms with Crippen molar-refractivity contribution in [3.05, 3.63) is 65.2 Å². The van der Waals surface area contributed by atoms with Crippen molar-refractivity contribution in [2.45, 2.75) is 31.0 Å². The van der Waals surface area contributed by atoms with Gasteiger partial charge in [-0.1, -0.05) is 24.3 Å². The Labute approximate surface area is 166 Å². The van der Waals surface area contributed by atoms with Crippen molar-refractivity contribution in [1.82, 2.24) is 10.0 Å². The van der Waals surface area contributed by atoms with Crippen molar-refractivity contribution in [3.63, 3.8) is 0 Å². The number of carbonyl (C=O) groups is 2. The number of benzene rings is 2. The second kappa shape index (κ2) is 9.19. The standard InChI is InChI=1S/C19H19F3N2O4S/c1-13(25)15-5-7-17(8-6-15)29(27,28)24-10-9-18(26)23-12-14-3-2-4-16(11-14)19(20,21)22/h2-8,11,24H,9-10,12H2,1H3,(H,23,26). The molecule has 0 fully saturated rings. The molecule has 0 heterocycles. The van der Waals surface area contributed by atoms with Gasteiger partial charge in [0.2, 0.25) is 15.9 Å². The quantitative estimate of drug-likeness (QED) is 0.633. The van der Waals surface area contributed by atoms with Gasteiger partial charge in [-0.2, -0.15) is 13.2 Å². The van der Waals surface area contributed by atoms with E-state index in [1.807, 2.05) is 0 Å². The average Bonchev–Trinajstić information content (AvgIpc) is 2.66. The number of carbonyl (C=O) groups excluding carboxylic acids is 2. The highest BCUT2D eigenvalue weighted by atomic mass is 32.2. The summed E-state index contributed by atoms with van der Waals surface area (Å²) < 4.78 is 64.6. The van der Waals surface area contributed by atoms with Crippen LogP contribution in [0, 0.1) is 0 Å². The molecular weight excluding hydrogens is 409 g/mol. The van der Waals surface area contributed by atoms with Crippen molar-refractivity contribution in [2.24, 2.45) is 0 Å². The van der Waals surface area contributed by atoms with Crippen LogP contribution in [0.5, 0.6) is 0 Å². The van der Waals surface area contributed by atoms with E-state index in [4.69, 9.17) is 0 Å². The predicted octanol–water partition coefficient (Wildman–Crippen LogP) is 2.89. The van der Waals surface area contributed by atoms with Crippen LogP contribution in [0.4, 0.5) is 13.2 Å². The third kappa shape index (κ3) is 6.68. The number of rotatable bonds is 8. The van der Waals surface area contributed by atoms with Gasteiger partial charge in [0.05, 0.1) is 10.5 Å². The van der Waals surface area contributed by atoms with Crippen LogP contribution in [0.3, 0.4) is 0 Å². The molecule has 2 aromatic carbocycles. The summed E-state index contributed by atoms with van der Waals surface area (Å²) in [6.07, 6.45) is -4.66. The lowest BCUT2D eigenvalue weighted by Gasteiger charge is -2.10. The first-order chi connectivity index (χ1) is 13.5. The molecule has 1 amide bonds. The zero-order valence-electron chi connectivity index (χ0n) is 15.4. The van der Waals surface area contributed by atoms with E-state index in [2.05, 4.69) is 10.0 Å². The molecule has 0 aliphatic heterocycles. The highest BCUT2D eigenvalue weighted by Crippen LogP contribution is 2.29. The second-order valence-electron chi connectivity index (χ2n) is 6.20. The predicted molar refractivity (Wildman–Crippen MR) is 99.5 cm³/mol. The summed E-state index contributed by atoms with van der Waals surface area (Å²) in [6.45, 7) is 1.06. The highest BCUT2D eigenvalue weighted by molar-refractivity contribution is 7.89. The van der Waals surface area contributed by atoms with Crippen LogP contribution < -0.4 is 10.0 Å². The molecule has 2 rings (SSSR count). The normalized spacial score (nSPS) is 11.9. The molecule has 6 nitrogen and oxygen atoms in total. The molecule has 10 heteroatoms. The van der Waals surface area contributed by atoms with Crippen LogP contribution in [-0.2, 0) is 27.5 Å². The third-order valence-corrected chi connectivity index (χ3v) is 5.44. The number of nitrogens with one attached hydrogen (secondary N) is 2. The number of sulfonamides is 1. The summed E-state index contributed by atoms with van der Waals surface area (Å²) in [6, 6.07) is 9.91. The molecule has 0 radical (unpaired) electrons. The Balaban J connectivity index is 1.84. The van der Waals surface area contributed by atoms with Crippen molar-refractivity contribution in [2.75, 3.05) is 6.54 Å². The minimum atomic E-state index is -4.47. The number of amides is 1. The number of ketones is 1. The minimum absolute atomic E-state index is 0.0492. The maximum absolute atomic E-state index is 12.7. The fourth-order valence-electron chi connectivity index (χ4n) is 2.40. The van der Waals surface area contributed by atoms with Crippen molar-refractivity contribution >= 4 is 21.7 Å². The van der Waals surface area contributed by atoms with Gasteiger partial charge in [-0.15, -0.1) is 0 Å². The molecule has 0 bridgehead atoms. The molecule has 0 saturated carbocycles. The molecule has 0 unspecified atom stereocenters. The van der Waals surface area contributed by atoms with Crippen molar-refractivity contribution in [1.29, 1.82) is 0 Å². The van der Waals surface area contributed by atoms with Gasteiger partial charge < -0.3 is 5.32 Å². The summed E-state index contributed by atoms with van der Waals surface area (Å²) in [5, 5.41) is 2.44. The molecule has 0 spiro atoms. The maximum Gasteiger partial charge on any atom is 0.416 e. The summed E-state index contributed by atoms with van der Waals surface area (Å²) in [5.74, 6) is -0.712. The average molecular weight is 428 g/mol. The van der Waals surface area contributed by atoms with Crippen LogP contribution in [-0.4, -0.2) is 26.7 Å². The van der Waals surface area contributed by atoms with Crippen molar-refractivity contribution in [3.8, 4) is 0 Å². The van der Waals surface area contributed by atoms with Gasteiger partial charge in [0.1, 0.15) is 0 Å². The van der Waals surface area contributed by atoms with Crippen LogP contribution in [0.15, 0.2) is 53.4 Å². The van der Waals surface area contributed by atoms with Gasteiger partial charge in [-0.05, 0) is 36.8 Å². The SMILES string of the molecule is CC(=O)c1ccc(S(=O)(=O)NCCC(=O)NCc2cccc(C(F)(F)F)c2)cc1. The first-order valence-electron chi connectivity index (χ1n) is 8.52. The number of halogens is 3. The number of Topliss-reactive ketones (excluding diaryl/α,β-unsaturated/α-hetero) is 1. The summed E-state index contributed by atoms with van der Waals surface area (Å²) in [4.78, 5) is 23.0. The molecule has 0 aromatic heterocycles. The number of alkyl halides is 3. The van der Waals surface area contributed by atoms with Gasteiger partial charge >= 0.3 is 6.18 Å². The Bertz CT molecular complexity index is 987. The first kappa shape index (κ1) is 22.6. The molecule has 0 aliphatic carbocycles. The molecule has 2 aromatic rings. The largest absolute Gasteiger partial charge is 0.416 e. The van der Waals surface area contributed by atoms with Crippen LogP contribution >= 0.6 is 0 Å². The van der Waals surface area contributed by atoms with E-state index in [1.165, 1.54) is 43.3 Å². The zero-order chi connectivity index (χ0) is 21.7. The fraction of sp³-hybridized carbons (Fsp3) is 0.263. The van der Waals surface area contributed by atoms with Gasteiger partial charge in [-0.25, -0.2) is 13.1 Å². The van der Waals surface area contributed by atoms with Gasteiger partial charge in [-0.3, -0.25) is 9.59 Å². The lowest BCUT2D eigenvalue weighted by molar-refractivity contribution is -0.137. The van der Waals surface area contributed by atoms with Gasteiger partial charge in [0, 0.05) is 25.1 Å². The van der Waals surface area contributed by atoms with Crippen molar-refractivity contribution < 1.29 is 31.2 Å². The van der Waals surface area contributed by atoms with E-state index < -0.39 is 27.7 Å². The van der Waals surface area contributed by atoms with E-state index >= 15 is 0 Å². The topological polar surface area (TPSA) is 92.3 Å². The van der Waals surface area contributed by atoms with Crippen LogP contribution in [0.25, 0.3) is 0 Å². The highest BCUT2D eigenvalue weighted by Gasteiger charge is 2.30. The Morgan fingerprint density at radius 3 is 2.28 bits per heavy atom. The minimum Gasteiger partial charge on any atom is -0.352 e. The van der Waals surface area contributed by atoms with Crippen LogP contribution in [0.2, 0.25) is 0 Å².